The highest BCUT2D eigenvalue weighted by Gasteiger charge is 2.48. The van der Waals surface area contributed by atoms with E-state index < -0.39 is 16.4 Å². The van der Waals surface area contributed by atoms with E-state index in [0.29, 0.717) is 11.3 Å². The fourth-order valence-corrected chi connectivity index (χ4v) is 4.18. The van der Waals surface area contributed by atoms with Crippen LogP contribution in [0.2, 0.25) is 0 Å². The summed E-state index contributed by atoms with van der Waals surface area (Å²) in [5.74, 6) is 0. The number of hydrogen-bond donors (Lipinski definition) is 1. The van der Waals surface area contributed by atoms with Gasteiger partial charge in [-0.2, -0.15) is 0 Å². The van der Waals surface area contributed by atoms with Crippen molar-refractivity contribution in [2.24, 2.45) is 10.8 Å². The molecule has 2 heterocycles. The van der Waals surface area contributed by atoms with Crippen LogP contribution in [0.1, 0.15) is 45.9 Å². The summed E-state index contributed by atoms with van der Waals surface area (Å²) in [6.45, 7) is 11.8. The zero-order valence-corrected chi connectivity index (χ0v) is 15.5. The van der Waals surface area contributed by atoms with Gasteiger partial charge in [-0.15, -0.1) is 0 Å². The minimum atomic E-state index is -0.962. The summed E-state index contributed by atoms with van der Waals surface area (Å²) in [4.78, 5) is 28.1. The molecular weight excluding hydrogens is 322 g/mol. The second-order valence-electron chi connectivity index (χ2n) is 8.13. The predicted molar refractivity (Wildman–Crippen MR) is 95.4 cm³/mol. The molecule has 1 aliphatic heterocycles. The number of hydrogen-bond acceptors (Lipinski definition) is 4. The second-order valence-corrected chi connectivity index (χ2v) is 8.13. The highest BCUT2D eigenvalue weighted by Crippen LogP contribution is 2.49. The van der Waals surface area contributed by atoms with E-state index in [1.165, 1.54) is 11.0 Å². The van der Waals surface area contributed by atoms with Crippen molar-refractivity contribution >= 4 is 17.4 Å². The van der Waals surface area contributed by atoms with Crippen molar-refractivity contribution in [1.82, 2.24) is 9.88 Å². The summed E-state index contributed by atoms with van der Waals surface area (Å²) in [5.41, 5.74) is 1.07. The van der Waals surface area contributed by atoms with E-state index in [9.17, 15) is 20.0 Å². The molecule has 25 heavy (non-hydrogen) atoms. The third-order valence-corrected chi connectivity index (χ3v) is 4.82. The van der Waals surface area contributed by atoms with Gasteiger partial charge in [0, 0.05) is 35.8 Å². The van der Waals surface area contributed by atoms with Crippen LogP contribution in [0.3, 0.4) is 0 Å². The zero-order valence-electron chi connectivity index (χ0n) is 15.5. The maximum absolute atomic E-state index is 11.7. The lowest BCUT2D eigenvalue weighted by Crippen LogP contribution is -2.57. The van der Waals surface area contributed by atoms with Crippen LogP contribution in [0.4, 0.5) is 10.5 Å². The maximum Gasteiger partial charge on any atom is 0.407 e. The van der Waals surface area contributed by atoms with Crippen LogP contribution in [-0.4, -0.2) is 38.6 Å². The van der Waals surface area contributed by atoms with Gasteiger partial charge in [0.2, 0.25) is 0 Å². The monoisotopic (exact) mass is 347 g/mol. The summed E-state index contributed by atoms with van der Waals surface area (Å²) in [6, 6.07) is 1.25. The Labute approximate surface area is 147 Å². The van der Waals surface area contributed by atoms with E-state index in [2.05, 4.69) is 4.98 Å². The molecule has 0 radical (unpaired) electrons. The number of aryl methyl sites for hydroxylation is 1. The summed E-state index contributed by atoms with van der Waals surface area (Å²) >= 11 is 0. The van der Waals surface area contributed by atoms with Crippen molar-refractivity contribution in [2.75, 3.05) is 6.54 Å². The van der Waals surface area contributed by atoms with E-state index in [0.717, 1.165) is 5.57 Å². The first-order valence-corrected chi connectivity index (χ1v) is 8.19. The fourth-order valence-electron chi connectivity index (χ4n) is 4.18. The lowest BCUT2D eigenvalue weighted by atomic mass is 9.63. The molecule has 1 aromatic rings. The maximum atomic E-state index is 11.7. The van der Waals surface area contributed by atoms with E-state index in [-0.39, 0.29) is 23.7 Å². The van der Waals surface area contributed by atoms with Gasteiger partial charge in [-0.3, -0.25) is 15.1 Å². The molecule has 1 atom stereocenters. The molecule has 7 nitrogen and oxygen atoms in total. The van der Waals surface area contributed by atoms with Crippen LogP contribution in [0.15, 0.2) is 18.3 Å². The van der Waals surface area contributed by atoms with Gasteiger partial charge >= 0.3 is 6.09 Å². The van der Waals surface area contributed by atoms with Gasteiger partial charge in [0.25, 0.3) is 5.69 Å². The van der Waals surface area contributed by atoms with Crippen LogP contribution in [0, 0.1) is 27.9 Å². The van der Waals surface area contributed by atoms with Crippen molar-refractivity contribution < 1.29 is 14.8 Å². The molecule has 0 fully saturated rings. The molecule has 1 aliphatic rings. The minimum absolute atomic E-state index is 0.0258. The minimum Gasteiger partial charge on any atom is -0.465 e. The third-order valence-electron chi connectivity index (χ3n) is 4.82. The SMILES string of the molecule is Cc1ncc(C2=CCN(C(=O)O)C(C(C)(C)C)C2(C)C)cc1[N+](=O)[O-]. The molecule has 1 aromatic heterocycles. The zero-order chi connectivity index (χ0) is 19.2. The number of rotatable bonds is 2. The molecule has 0 bridgehead atoms. The Balaban J connectivity index is 2.61. The Hall–Kier alpha value is -2.44. The molecule has 0 saturated carbocycles. The Bertz CT molecular complexity index is 747. The quantitative estimate of drug-likeness (QED) is 0.641. The molecule has 2 rings (SSSR count). The van der Waals surface area contributed by atoms with Crippen molar-refractivity contribution in [3.63, 3.8) is 0 Å². The van der Waals surface area contributed by atoms with Crippen molar-refractivity contribution in [3.05, 3.63) is 39.7 Å². The summed E-state index contributed by atoms with van der Waals surface area (Å²) in [7, 11) is 0. The fraction of sp³-hybridized carbons (Fsp3) is 0.556. The van der Waals surface area contributed by atoms with Gasteiger partial charge in [-0.05, 0) is 17.9 Å². The van der Waals surface area contributed by atoms with Gasteiger partial charge in [0.1, 0.15) is 5.69 Å². The molecule has 0 spiro atoms. The molecule has 0 saturated heterocycles. The van der Waals surface area contributed by atoms with E-state index in [1.807, 2.05) is 40.7 Å². The Morgan fingerprint density at radius 1 is 1.44 bits per heavy atom. The molecule has 1 unspecified atom stereocenters. The number of carboxylic acid groups (broad SMARTS) is 1. The molecule has 7 heteroatoms. The van der Waals surface area contributed by atoms with Crippen molar-refractivity contribution in [2.45, 2.75) is 47.6 Å². The first-order chi connectivity index (χ1) is 11.4. The highest BCUT2D eigenvalue weighted by atomic mass is 16.6. The Morgan fingerprint density at radius 3 is 2.52 bits per heavy atom. The van der Waals surface area contributed by atoms with Crippen LogP contribution in [0.25, 0.3) is 5.57 Å². The average molecular weight is 347 g/mol. The molecule has 136 valence electrons. The predicted octanol–water partition coefficient (Wildman–Crippen LogP) is 4.12. The first-order valence-electron chi connectivity index (χ1n) is 8.19. The van der Waals surface area contributed by atoms with Gasteiger partial charge in [-0.1, -0.05) is 40.7 Å². The van der Waals surface area contributed by atoms with Crippen molar-refractivity contribution in [1.29, 1.82) is 0 Å². The van der Waals surface area contributed by atoms with E-state index in [4.69, 9.17) is 0 Å². The Morgan fingerprint density at radius 2 is 2.04 bits per heavy atom. The normalized spacial score (nSPS) is 20.2. The molecule has 0 aromatic carbocycles. The number of aromatic nitrogens is 1. The number of nitrogens with zero attached hydrogens (tertiary/aromatic N) is 3. The molecule has 1 amide bonds. The third kappa shape index (κ3) is 3.36. The number of amides is 1. The van der Waals surface area contributed by atoms with Gasteiger partial charge < -0.3 is 10.0 Å². The van der Waals surface area contributed by atoms with Crippen LogP contribution in [-0.2, 0) is 0 Å². The van der Waals surface area contributed by atoms with Crippen LogP contribution >= 0.6 is 0 Å². The van der Waals surface area contributed by atoms with E-state index in [1.54, 1.807) is 13.1 Å². The molecule has 0 aliphatic carbocycles. The smallest absolute Gasteiger partial charge is 0.407 e. The average Bonchev–Trinajstić information content (AvgIpc) is 2.45. The molecule has 1 N–H and O–H groups in total. The van der Waals surface area contributed by atoms with Gasteiger partial charge in [-0.25, -0.2) is 4.79 Å². The van der Waals surface area contributed by atoms with Crippen LogP contribution in [0.5, 0.6) is 0 Å². The summed E-state index contributed by atoms with van der Waals surface area (Å²) in [5, 5.41) is 20.9. The number of pyridine rings is 1. The van der Waals surface area contributed by atoms with Crippen LogP contribution < -0.4 is 0 Å². The first kappa shape index (κ1) is 18.9. The molecular formula is C18H25N3O4. The number of nitro groups is 1. The van der Waals surface area contributed by atoms with Gasteiger partial charge in [0.15, 0.2) is 0 Å². The lowest BCUT2D eigenvalue weighted by molar-refractivity contribution is -0.385. The summed E-state index contributed by atoms with van der Waals surface area (Å²) in [6.07, 6.45) is 2.51. The number of carbonyl (C=O) groups is 1. The lowest BCUT2D eigenvalue weighted by Gasteiger charge is -2.51. The highest BCUT2D eigenvalue weighted by molar-refractivity contribution is 5.76. The Kier molecular flexibility index (Phi) is 4.63. The van der Waals surface area contributed by atoms with Crippen molar-refractivity contribution in [3.8, 4) is 0 Å². The standard InChI is InChI=1S/C18H25N3O4/c1-11-14(21(24)25)9-12(10-19-11)13-7-8-20(16(22)23)15(17(2,3)4)18(13,5)6/h7,9-10,15H,8H2,1-6H3,(H,22,23). The summed E-state index contributed by atoms with van der Waals surface area (Å²) < 4.78 is 0. The van der Waals surface area contributed by atoms with Gasteiger partial charge in [0.05, 0.1) is 4.92 Å². The largest absolute Gasteiger partial charge is 0.465 e. The second kappa shape index (κ2) is 6.13. The van der Waals surface area contributed by atoms with E-state index >= 15 is 0 Å². The topological polar surface area (TPSA) is 96.6 Å².